The standard InChI is InChI=1S/C21H24ClN3O3/c1-3-25(15(2)26)14-17-6-4-5-7-19(17)24-20(27)12-13-23-21(28)16-8-10-18(22)11-9-16/h4-11H,3,12-14H2,1-2H3,(H,23,28)(H,24,27). The largest absolute Gasteiger partial charge is 0.352 e. The van der Waals surface area contributed by atoms with Crippen LogP contribution in [0, 0.1) is 0 Å². The lowest BCUT2D eigenvalue weighted by Gasteiger charge is -2.21. The van der Waals surface area contributed by atoms with Crippen LogP contribution in [0.15, 0.2) is 48.5 Å². The van der Waals surface area contributed by atoms with E-state index in [0.29, 0.717) is 29.4 Å². The number of amides is 3. The van der Waals surface area contributed by atoms with Crippen LogP contribution in [-0.4, -0.2) is 35.7 Å². The number of carbonyl (C=O) groups is 3. The molecule has 0 saturated carbocycles. The highest BCUT2D eigenvalue weighted by Crippen LogP contribution is 2.17. The fourth-order valence-corrected chi connectivity index (χ4v) is 2.76. The Balaban J connectivity index is 1.88. The van der Waals surface area contributed by atoms with Gasteiger partial charge in [0, 0.05) is 49.3 Å². The summed E-state index contributed by atoms with van der Waals surface area (Å²) in [6.07, 6.45) is 0.137. The molecule has 0 fully saturated rings. The highest BCUT2D eigenvalue weighted by Gasteiger charge is 2.12. The van der Waals surface area contributed by atoms with Crippen molar-refractivity contribution in [3.63, 3.8) is 0 Å². The Morgan fingerprint density at radius 3 is 2.36 bits per heavy atom. The van der Waals surface area contributed by atoms with Gasteiger partial charge in [-0.1, -0.05) is 29.8 Å². The fraction of sp³-hybridized carbons (Fsp3) is 0.286. The zero-order valence-electron chi connectivity index (χ0n) is 16.0. The van der Waals surface area contributed by atoms with Crippen molar-refractivity contribution in [3.05, 3.63) is 64.7 Å². The van der Waals surface area contributed by atoms with Crippen LogP contribution in [0.5, 0.6) is 0 Å². The summed E-state index contributed by atoms with van der Waals surface area (Å²) in [6, 6.07) is 13.9. The lowest BCUT2D eigenvalue weighted by Crippen LogP contribution is -2.29. The van der Waals surface area contributed by atoms with Gasteiger partial charge in [0.15, 0.2) is 0 Å². The lowest BCUT2D eigenvalue weighted by atomic mass is 10.1. The van der Waals surface area contributed by atoms with E-state index in [1.165, 1.54) is 6.92 Å². The van der Waals surface area contributed by atoms with Gasteiger partial charge in [-0.3, -0.25) is 14.4 Å². The predicted octanol–water partition coefficient (Wildman–Crippen LogP) is 3.47. The second kappa shape index (κ2) is 10.5. The van der Waals surface area contributed by atoms with Crippen LogP contribution in [0.3, 0.4) is 0 Å². The lowest BCUT2D eigenvalue weighted by molar-refractivity contribution is -0.129. The van der Waals surface area contributed by atoms with Crippen LogP contribution >= 0.6 is 11.6 Å². The summed E-state index contributed by atoms with van der Waals surface area (Å²) in [5.41, 5.74) is 2.01. The minimum absolute atomic E-state index is 0.0199. The summed E-state index contributed by atoms with van der Waals surface area (Å²) in [7, 11) is 0. The molecule has 0 aliphatic heterocycles. The number of nitrogens with one attached hydrogen (secondary N) is 2. The number of rotatable bonds is 8. The van der Waals surface area contributed by atoms with E-state index < -0.39 is 0 Å². The zero-order chi connectivity index (χ0) is 20.5. The van der Waals surface area contributed by atoms with Crippen molar-refractivity contribution in [1.82, 2.24) is 10.2 Å². The Morgan fingerprint density at radius 2 is 1.71 bits per heavy atom. The van der Waals surface area contributed by atoms with E-state index in [-0.39, 0.29) is 30.7 Å². The highest BCUT2D eigenvalue weighted by atomic mass is 35.5. The van der Waals surface area contributed by atoms with Crippen LogP contribution in [0.1, 0.15) is 36.2 Å². The number of halogens is 1. The van der Waals surface area contributed by atoms with E-state index in [4.69, 9.17) is 11.6 Å². The van der Waals surface area contributed by atoms with Crippen molar-refractivity contribution in [2.75, 3.05) is 18.4 Å². The van der Waals surface area contributed by atoms with Gasteiger partial charge in [0.1, 0.15) is 0 Å². The Labute approximate surface area is 169 Å². The smallest absolute Gasteiger partial charge is 0.251 e. The number of benzene rings is 2. The number of nitrogens with zero attached hydrogens (tertiary/aromatic N) is 1. The fourth-order valence-electron chi connectivity index (χ4n) is 2.64. The van der Waals surface area contributed by atoms with Gasteiger partial charge >= 0.3 is 0 Å². The van der Waals surface area contributed by atoms with Gasteiger partial charge in [-0.05, 0) is 42.8 Å². The van der Waals surface area contributed by atoms with E-state index in [0.717, 1.165) is 5.56 Å². The van der Waals surface area contributed by atoms with Crippen molar-refractivity contribution < 1.29 is 14.4 Å². The first-order valence-electron chi connectivity index (χ1n) is 9.07. The van der Waals surface area contributed by atoms with E-state index in [9.17, 15) is 14.4 Å². The average molecular weight is 402 g/mol. The maximum Gasteiger partial charge on any atom is 0.251 e. The Hall–Kier alpha value is -2.86. The summed E-state index contributed by atoms with van der Waals surface area (Å²) >= 11 is 5.80. The topological polar surface area (TPSA) is 78.5 Å². The van der Waals surface area contributed by atoms with Crippen molar-refractivity contribution in [2.24, 2.45) is 0 Å². The molecule has 2 N–H and O–H groups in total. The first kappa shape index (κ1) is 21.4. The summed E-state index contributed by atoms with van der Waals surface area (Å²) in [5.74, 6) is -0.492. The molecular weight excluding hydrogens is 378 g/mol. The first-order chi connectivity index (χ1) is 13.4. The Bertz CT molecular complexity index is 837. The number of anilines is 1. The maximum absolute atomic E-state index is 12.3. The number of hydrogen-bond acceptors (Lipinski definition) is 3. The normalized spacial score (nSPS) is 10.2. The molecule has 2 rings (SSSR count). The number of hydrogen-bond donors (Lipinski definition) is 2. The molecule has 0 aliphatic rings. The van der Waals surface area contributed by atoms with Gasteiger partial charge in [0.2, 0.25) is 11.8 Å². The van der Waals surface area contributed by atoms with Crippen LogP contribution in [0.4, 0.5) is 5.69 Å². The molecule has 0 atom stereocenters. The maximum atomic E-state index is 12.3. The average Bonchev–Trinajstić information content (AvgIpc) is 2.67. The Morgan fingerprint density at radius 1 is 1.04 bits per heavy atom. The molecular formula is C21H24ClN3O3. The molecule has 6 nitrogen and oxygen atoms in total. The van der Waals surface area contributed by atoms with Crippen molar-refractivity contribution in [1.29, 1.82) is 0 Å². The van der Waals surface area contributed by atoms with Gasteiger partial charge < -0.3 is 15.5 Å². The van der Waals surface area contributed by atoms with E-state index >= 15 is 0 Å². The minimum Gasteiger partial charge on any atom is -0.352 e. The summed E-state index contributed by atoms with van der Waals surface area (Å²) in [4.78, 5) is 37.6. The molecule has 0 spiro atoms. The van der Waals surface area contributed by atoms with Crippen LogP contribution < -0.4 is 10.6 Å². The highest BCUT2D eigenvalue weighted by molar-refractivity contribution is 6.30. The van der Waals surface area contributed by atoms with Gasteiger partial charge in [-0.15, -0.1) is 0 Å². The molecule has 2 aromatic carbocycles. The second-order valence-corrected chi connectivity index (χ2v) is 6.69. The third-order valence-corrected chi connectivity index (χ3v) is 4.48. The van der Waals surface area contributed by atoms with E-state index in [2.05, 4.69) is 10.6 Å². The predicted molar refractivity (Wildman–Crippen MR) is 110 cm³/mol. The molecule has 0 aromatic heterocycles. The summed E-state index contributed by atoms with van der Waals surface area (Å²) in [6.45, 7) is 4.66. The zero-order valence-corrected chi connectivity index (χ0v) is 16.8. The molecule has 28 heavy (non-hydrogen) atoms. The molecule has 0 radical (unpaired) electrons. The molecule has 7 heteroatoms. The third kappa shape index (κ3) is 6.39. The molecule has 148 valence electrons. The van der Waals surface area contributed by atoms with Crippen molar-refractivity contribution in [2.45, 2.75) is 26.8 Å². The minimum atomic E-state index is -0.259. The van der Waals surface area contributed by atoms with Gasteiger partial charge in [-0.2, -0.15) is 0 Å². The van der Waals surface area contributed by atoms with Gasteiger partial charge in [0.25, 0.3) is 5.91 Å². The monoisotopic (exact) mass is 401 g/mol. The number of para-hydroxylation sites is 1. The van der Waals surface area contributed by atoms with Crippen molar-refractivity contribution >= 4 is 35.0 Å². The summed E-state index contributed by atoms with van der Waals surface area (Å²) in [5, 5.41) is 6.12. The van der Waals surface area contributed by atoms with Crippen LogP contribution in [0.25, 0.3) is 0 Å². The first-order valence-corrected chi connectivity index (χ1v) is 9.45. The van der Waals surface area contributed by atoms with E-state index in [1.54, 1.807) is 35.2 Å². The Kier molecular flexibility index (Phi) is 8.02. The SMILES string of the molecule is CCN(Cc1ccccc1NC(=O)CCNC(=O)c1ccc(Cl)cc1)C(C)=O. The molecule has 0 heterocycles. The van der Waals surface area contributed by atoms with Gasteiger partial charge in [0.05, 0.1) is 0 Å². The molecule has 0 bridgehead atoms. The molecule has 2 aromatic rings. The summed E-state index contributed by atoms with van der Waals surface area (Å²) < 4.78 is 0. The molecule has 0 unspecified atom stereocenters. The third-order valence-electron chi connectivity index (χ3n) is 4.22. The van der Waals surface area contributed by atoms with E-state index in [1.807, 2.05) is 25.1 Å². The van der Waals surface area contributed by atoms with Crippen LogP contribution in [-0.2, 0) is 16.1 Å². The molecule has 0 aliphatic carbocycles. The quantitative estimate of drug-likeness (QED) is 0.710. The molecule has 3 amide bonds. The van der Waals surface area contributed by atoms with Crippen molar-refractivity contribution in [3.8, 4) is 0 Å². The second-order valence-electron chi connectivity index (χ2n) is 6.25. The molecule has 0 saturated heterocycles. The number of carbonyl (C=O) groups excluding carboxylic acids is 3. The van der Waals surface area contributed by atoms with Crippen LogP contribution in [0.2, 0.25) is 5.02 Å². The van der Waals surface area contributed by atoms with Gasteiger partial charge in [-0.25, -0.2) is 0 Å².